The highest BCUT2D eigenvalue weighted by Gasteiger charge is 2.16. The molecule has 2 aromatic rings. The van der Waals surface area contributed by atoms with Crippen molar-refractivity contribution in [1.29, 1.82) is 0 Å². The summed E-state index contributed by atoms with van der Waals surface area (Å²) in [5.74, 6) is -0.428. The monoisotopic (exact) mass is 273 g/mol. The molecule has 0 saturated heterocycles. The summed E-state index contributed by atoms with van der Waals surface area (Å²) < 4.78 is 9.68. The number of rotatable bonds is 4. The number of benzene rings is 1. The Morgan fingerprint density at radius 1 is 1.25 bits per heavy atom. The van der Waals surface area contributed by atoms with Crippen LogP contribution < -0.4 is 0 Å². The van der Waals surface area contributed by atoms with Gasteiger partial charge in [-0.15, -0.1) is 0 Å². The van der Waals surface area contributed by atoms with Crippen LogP contribution >= 0.6 is 0 Å². The molecule has 2 rings (SSSR count). The van der Waals surface area contributed by atoms with Gasteiger partial charge in [-0.25, -0.2) is 4.79 Å². The van der Waals surface area contributed by atoms with E-state index in [9.17, 15) is 14.9 Å². The molecule has 102 valence electrons. The predicted octanol–water partition coefficient (Wildman–Crippen LogP) is 2.84. The average Bonchev–Trinajstić information content (AvgIpc) is 2.93. The lowest BCUT2D eigenvalue weighted by Gasteiger charge is -1.97. The Kier molecular flexibility index (Phi) is 3.95. The predicted molar refractivity (Wildman–Crippen MR) is 71.4 cm³/mol. The molecule has 1 heterocycles. The molecule has 1 aromatic heterocycles. The molecule has 0 aliphatic carbocycles. The summed E-state index contributed by atoms with van der Waals surface area (Å²) in [5, 5.41) is 11.1. The maximum Gasteiger partial charge on any atom is 0.373 e. The SMILES string of the molecule is COC(=O)c1ccc(C=C(c2ccccc2)[N+](=O)[O-])o1. The number of carbonyl (C=O) groups excluding carboxylic acids is 1. The van der Waals surface area contributed by atoms with E-state index in [0.717, 1.165) is 0 Å². The van der Waals surface area contributed by atoms with Gasteiger partial charge in [0.1, 0.15) is 5.76 Å². The van der Waals surface area contributed by atoms with Crippen molar-refractivity contribution in [3.63, 3.8) is 0 Å². The summed E-state index contributed by atoms with van der Waals surface area (Å²) in [4.78, 5) is 21.8. The fraction of sp³-hybridized carbons (Fsp3) is 0.0714. The van der Waals surface area contributed by atoms with Gasteiger partial charge in [0.15, 0.2) is 0 Å². The number of furan rings is 1. The normalized spacial score (nSPS) is 11.2. The minimum atomic E-state index is -0.632. The molecule has 0 amide bonds. The molecule has 0 fully saturated rings. The molecule has 0 aliphatic heterocycles. The minimum absolute atomic E-state index is 0.00508. The van der Waals surface area contributed by atoms with Crippen molar-refractivity contribution in [1.82, 2.24) is 0 Å². The molecule has 0 aliphatic rings. The molecule has 0 saturated carbocycles. The Labute approximate surface area is 114 Å². The number of hydrogen-bond donors (Lipinski definition) is 0. The third kappa shape index (κ3) is 2.92. The molecule has 1 aromatic carbocycles. The Morgan fingerprint density at radius 2 is 1.95 bits per heavy atom. The second-order valence-corrected chi connectivity index (χ2v) is 3.85. The zero-order chi connectivity index (χ0) is 14.5. The second kappa shape index (κ2) is 5.83. The quantitative estimate of drug-likeness (QED) is 0.486. The first kappa shape index (κ1) is 13.5. The minimum Gasteiger partial charge on any atom is -0.463 e. The zero-order valence-electron chi connectivity index (χ0n) is 10.6. The fourth-order valence-corrected chi connectivity index (χ4v) is 1.63. The highest BCUT2D eigenvalue weighted by Crippen LogP contribution is 2.20. The van der Waals surface area contributed by atoms with Crippen LogP contribution in [0.15, 0.2) is 46.9 Å². The van der Waals surface area contributed by atoms with E-state index in [-0.39, 0.29) is 17.2 Å². The van der Waals surface area contributed by atoms with Gasteiger partial charge in [-0.2, -0.15) is 0 Å². The summed E-state index contributed by atoms with van der Waals surface area (Å²) >= 11 is 0. The van der Waals surface area contributed by atoms with Gasteiger partial charge in [0.2, 0.25) is 5.76 Å². The average molecular weight is 273 g/mol. The van der Waals surface area contributed by atoms with Crippen LogP contribution in [0.5, 0.6) is 0 Å². The number of nitrogens with zero attached hydrogens (tertiary/aromatic N) is 1. The van der Waals surface area contributed by atoms with E-state index < -0.39 is 10.9 Å². The Bertz CT molecular complexity index is 657. The Balaban J connectivity index is 2.37. The van der Waals surface area contributed by atoms with Crippen LogP contribution in [0.1, 0.15) is 21.9 Å². The van der Waals surface area contributed by atoms with Gasteiger partial charge < -0.3 is 9.15 Å². The molecule has 0 N–H and O–H groups in total. The second-order valence-electron chi connectivity index (χ2n) is 3.85. The number of carbonyl (C=O) groups is 1. The van der Waals surface area contributed by atoms with Crippen molar-refractivity contribution in [3.8, 4) is 0 Å². The van der Waals surface area contributed by atoms with E-state index >= 15 is 0 Å². The van der Waals surface area contributed by atoms with Crippen LogP contribution in [0.25, 0.3) is 11.8 Å². The van der Waals surface area contributed by atoms with E-state index in [1.165, 1.54) is 25.3 Å². The maximum absolute atomic E-state index is 11.2. The first-order valence-electron chi connectivity index (χ1n) is 5.71. The van der Waals surface area contributed by atoms with Crippen molar-refractivity contribution in [2.75, 3.05) is 7.11 Å². The first-order chi connectivity index (χ1) is 9.61. The zero-order valence-corrected chi connectivity index (χ0v) is 10.6. The van der Waals surface area contributed by atoms with Crippen molar-refractivity contribution >= 4 is 17.7 Å². The van der Waals surface area contributed by atoms with Gasteiger partial charge in [0.05, 0.1) is 23.7 Å². The van der Waals surface area contributed by atoms with Crippen LogP contribution in [0.2, 0.25) is 0 Å². The molecule has 0 unspecified atom stereocenters. The van der Waals surface area contributed by atoms with Gasteiger partial charge in [-0.3, -0.25) is 10.1 Å². The third-order valence-corrected chi connectivity index (χ3v) is 2.56. The molecule has 0 atom stereocenters. The molecule has 6 heteroatoms. The summed E-state index contributed by atoms with van der Waals surface area (Å²) in [6.45, 7) is 0. The topological polar surface area (TPSA) is 82.6 Å². The first-order valence-corrected chi connectivity index (χ1v) is 5.71. The molecular weight excluding hydrogens is 262 g/mol. The van der Waals surface area contributed by atoms with Gasteiger partial charge in [-0.05, 0) is 24.3 Å². The largest absolute Gasteiger partial charge is 0.463 e. The van der Waals surface area contributed by atoms with E-state index in [1.807, 2.05) is 0 Å². The van der Waals surface area contributed by atoms with Crippen molar-refractivity contribution in [2.24, 2.45) is 0 Å². The smallest absolute Gasteiger partial charge is 0.373 e. The van der Waals surface area contributed by atoms with Crippen molar-refractivity contribution < 1.29 is 18.9 Å². The van der Waals surface area contributed by atoms with Crippen LogP contribution in [-0.2, 0) is 4.74 Å². The Morgan fingerprint density at radius 3 is 2.55 bits per heavy atom. The van der Waals surface area contributed by atoms with Gasteiger partial charge in [0.25, 0.3) is 5.70 Å². The number of esters is 1. The molecule has 0 spiro atoms. The molecule has 6 nitrogen and oxygen atoms in total. The van der Waals surface area contributed by atoms with Crippen LogP contribution in [0, 0.1) is 10.1 Å². The van der Waals surface area contributed by atoms with E-state index in [0.29, 0.717) is 5.56 Å². The lowest BCUT2D eigenvalue weighted by Crippen LogP contribution is -1.98. The number of methoxy groups -OCH3 is 1. The van der Waals surface area contributed by atoms with Crippen molar-refractivity contribution in [2.45, 2.75) is 0 Å². The molecule has 0 radical (unpaired) electrons. The van der Waals surface area contributed by atoms with Gasteiger partial charge >= 0.3 is 5.97 Å². The highest BCUT2D eigenvalue weighted by atomic mass is 16.6. The van der Waals surface area contributed by atoms with E-state index in [2.05, 4.69) is 4.74 Å². The lowest BCUT2D eigenvalue weighted by atomic mass is 10.1. The molecule has 0 bridgehead atoms. The highest BCUT2D eigenvalue weighted by molar-refractivity contribution is 5.87. The summed E-state index contributed by atoms with van der Waals surface area (Å²) in [6, 6.07) is 11.3. The van der Waals surface area contributed by atoms with Gasteiger partial charge in [0, 0.05) is 0 Å². The molecule has 20 heavy (non-hydrogen) atoms. The summed E-state index contributed by atoms with van der Waals surface area (Å²) in [5.41, 5.74) is 0.338. The third-order valence-electron chi connectivity index (χ3n) is 2.56. The fourth-order valence-electron chi connectivity index (χ4n) is 1.63. The maximum atomic E-state index is 11.2. The summed E-state index contributed by atoms with van der Waals surface area (Å²) in [6.07, 6.45) is 1.27. The van der Waals surface area contributed by atoms with E-state index in [1.54, 1.807) is 30.3 Å². The van der Waals surface area contributed by atoms with Crippen LogP contribution in [0.3, 0.4) is 0 Å². The Hall–Kier alpha value is -2.89. The van der Waals surface area contributed by atoms with Crippen molar-refractivity contribution in [3.05, 3.63) is 69.7 Å². The van der Waals surface area contributed by atoms with Crippen LogP contribution in [-0.4, -0.2) is 18.0 Å². The lowest BCUT2D eigenvalue weighted by molar-refractivity contribution is -0.374. The number of hydrogen-bond acceptors (Lipinski definition) is 5. The number of nitro groups is 1. The standard InChI is InChI=1S/C14H11NO5/c1-19-14(16)13-8-7-11(20-13)9-12(15(17)18)10-5-3-2-4-6-10/h2-9H,1H3. The van der Waals surface area contributed by atoms with Gasteiger partial charge in [-0.1, -0.05) is 18.2 Å². The molecular formula is C14H11NO5. The van der Waals surface area contributed by atoms with E-state index in [4.69, 9.17) is 4.42 Å². The van der Waals surface area contributed by atoms with Crippen LogP contribution in [0.4, 0.5) is 0 Å². The number of ether oxygens (including phenoxy) is 1. The summed E-state index contributed by atoms with van der Waals surface area (Å²) in [7, 11) is 1.23.